The van der Waals surface area contributed by atoms with Gasteiger partial charge in [0.25, 0.3) is 0 Å². The Morgan fingerprint density at radius 2 is 1.91 bits per heavy atom. The van der Waals surface area contributed by atoms with E-state index in [0.717, 1.165) is 0 Å². The maximum absolute atomic E-state index is 8.56. The molecule has 0 amide bonds. The molecule has 0 aliphatic carbocycles. The molecular weight excluding hydrogens is 138 g/mol. The first-order valence-electron chi connectivity index (χ1n) is 3.06. The molecule has 0 rings (SSSR count). The molecule has 0 unspecified atom stereocenters. The SMILES string of the molecule is CC(=C/C#N)/C(C#N)=C(\C)N. The summed E-state index contributed by atoms with van der Waals surface area (Å²) < 4.78 is 0. The molecule has 0 aromatic heterocycles. The minimum absolute atomic E-state index is 0.381. The third-order valence-corrected chi connectivity index (χ3v) is 1.18. The van der Waals surface area contributed by atoms with Gasteiger partial charge >= 0.3 is 0 Å². The number of nitrogens with zero attached hydrogens (tertiary/aromatic N) is 2. The average molecular weight is 147 g/mol. The number of hydrogen-bond acceptors (Lipinski definition) is 3. The van der Waals surface area contributed by atoms with E-state index in [2.05, 4.69) is 0 Å². The molecule has 0 heterocycles. The summed E-state index contributed by atoms with van der Waals surface area (Å²) >= 11 is 0. The van der Waals surface area contributed by atoms with Crippen molar-refractivity contribution in [3.63, 3.8) is 0 Å². The molecule has 0 bridgehead atoms. The van der Waals surface area contributed by atoms with Crippen molar-refractivity contribution in [2.75, 3.05) is 0 Å². The minimum atomic E-state index is 0.381. The summed E-state index contributed by atoms with van der Waals surface area (Å²) in [5.74, 6) is 0. The van der Waals surface area contributed by atoms with E-state index in [0.29, 0.717) is 16.8 Å². The van der Waals surface area contributed by atoms with Gasteiger partial charge in [0.15, 0.2) is 0 Å². The van der Waals surface area contributed by atoms with E-state index in [4.69, 9.17) is 16.3 Å². The Bertz CT molecular complexity index is 279. The van der Waals surface area contributed by atoms with Crippen molar-refractivity contribution in [3.05, 3.63) is 22.9 Å². The highest BCUT2D eigenvalue weighted by molar-refractivity contribution is 5.44. The van der Waals surface area contributed by atoms with Gasteiger partial charge in [-0.3, -0.25) is 0 Å². The molecule has 11 heavy (non-hydrogen) atoms. The van der Waals surface area contributed by atoms with Crippen molar-refractivity contribution in [1.82, 2.24) is 0 Å². The number of nitriles is 2. The van der Waals surface area contributed by atoms with Gasteiger partial charge in [-0.05, 0) is 19.4 Å². The Morgan fingerprint density at radius 1 is 1.36 bits per heavy atom. The molecular formula is C8H9N3. The summed E-state index contributed by atoms with van der Waals surface area (Å²) in [6.07, 6.45) is 1.30. The van der Waals surface area contributed by atoms with Crippen LogP contribution in [0.5, 0.6) is 0 Å². The molecule has 56 valence electrons. The van der Waals surface area contributed by atoms with Crippen LogP contribution in [-0.2, 0) is 0 Å². The van der Waals surface area contributed by atoms with Gasteiger partial charge in [-0.1, -0.05) is 0 Å². The Hall–Kier alpha value is -1.74. The van der Waals surface area contributed by atoms with E-state index in [1.54, 1.807) is 13.8 Å². The molecule has 0 saturated heterocycles. The Labute approximate surface area is 66.0 Å². The number of nitrogens with two attached hydrogens (primary N) is 1. The van der Waals surface area contributed by atoms with Crippen LogP contribution < -0.4 is 5.73 Å². The number of hydrogen-bond donors (Lipinski definition) is 1. The minimum Gasteiger partial charge on any atom is -0.401 e. The first-order valence-corrected chi connectivity index (χ1v) is 3.06. The van der Waals surface area contributed by atoms with Crippen LogP contribution in [0.25, 0.3) is 0 Å². The molecule has 0 aliphatic heterocycles. The maximum Gasteiger partial charge on any atom is 0.101 e. The van der Waals surface area contributed by atoms with Crippen LogP contribution in [-0.4, -0.2) is 0 Å². The van der Waals surface area contributed by atoms with Gasteiger partial charge in [-0.15, -0.1) is 0 Å². The molecule has 0 fully saturated rings. The highest BCUT2D eigenvalue weighted by Gasteiger charge is 1.99. The zero-order valence-electron chi connectivity index (χ0n) is 6.55. The summed E-state index contributed by atoms with van der Waals surface area (Å²) in [6.45, 7) is 3.31. The molecule has 2 N–H and O–H groups in total. The first-order chi connectivity index (χ1) is 5.13. The largest absolute Gasteiger partial charge is 0.401 e. The third-order valence-electron chi connectivity index (χ3n) is 1.18. The van der Waals surface area contributed by atoms with Crippen LogP contribution in [0, 0.1) is 22.7 Å². The standard InChI is InChI=1S/C8H9N3/c1-6(3-4-9)8(5-10)7(2)11/h3H,11H2,1-2H3/b6-3-,8-7+. The van der Waals surface area contributed by atoms with E-state index in [1.165, 1.54) is 6.08 Å². The average Bonchev–Trinajstić information content (AvgIpc) is 1.88. The lowest BCUT2D eigenvalue weighted by Gasteiger charge is -1.97. The van der Waals surface area contributed by atoms with E-state index < -0.39 is 0 Å². The molecule has 0 radical (unpaired) electrons. The lowest BCUT2D eigenvalue weighted by atomic mass is 10.1. The smallest absolute Gasteiger partial charge is 0.101 e. The van der Waals surface area contributed by atoms with Gasteiger partial charge < -0.3 is 5.73 Å². The van der Waals surface area contributed by atoms with Crippen molar-refractivity contribution in [2.24, 2.45) is 5.73 Å². The Kier molecular flexibility index (Phi) is 3.48. The monoisotopic (exact) mass is 147 g/mol. The molecule has 3 heteroatoms. The molecule has 0 atom stereocenters. The van der Waals surface area contributed by atoms with Crippen LogP contribution in [0.3, 0.4) is 0 Å². The van der Waals surface area contributed by atoms with Crippen molar-refractivity contribution in [1.29, 1.82) is 10.5 Å². The third kappa shape index (κ3) is 2.55. The maximum atomic E-state index is 8.56. The summed E-state index contributed by atoms with van der Waals surface area (Å²) in [5, 5.41) is 16.8. The van der Waals surface area contributed by atoms with Crippen LogP contribution in [0.15, 0.2) is 22.9 Å². The van der Waals surface area contributed by atoms with E-state index in [9.17, 15) is 0 Å². The predicted molar refractivity (Wildman–Crippen MR) is 41.9 cm³/mol. The Balaban J connectivity index is 4.91. The van der Waals surface area contributed by atoms with E-state index >= 15 is 0 Å². The van der Waals surface area contributed by atoms with Crippen LogP contribution in [0.4, 0.5) is 0 Å². The lowest BCUT2D eigenvalue weighted by molar-refractivity contribution is 1.23. The normalized spacial score (nSPS) is 12.9. The highest BCUT2D eigenvalue weighted by atomic mass is 14.6. The first kappa shape index (κ1) is 9.26. The van der Waals surface area contributed by atoms with Crippen LogP contribution in [0.2, 0.25) is 0 Å². The Morgan fingerprint density at radius 3 is 2.18 bits per heavy atom. The second-order valence-electron chi connectivity index (χ2n) is 2.13. The van der Waals surface area contributed by atoms with Gasteiger partial charge in [0.2, 0.25) is 0 Å². The van der Waals surface area contributed by atoms with Gasteiger partial charge in [0.05, 0.1) is 11.6 Å². The summed E-state index contributed by atoms with van der Waals surface area (Å²) in [5.41, 5.74) is 6.81. The van der Waals surface area contributed by atoms with Crippen LogP contribution in [0.1, 0.15) is 13.8 Å². The molecule has 0 aliphatic rings. The molecule has 3 nitrogen and oxygen atoms in total. The molecule has 0 saturated carbocycles. The summed E-state index contributed by atoms with van der Waals surface area (Å²) in [7, 11) is 0. The second-order valence-corrected chi connectivity index (χ2v) is 2.13. The van der Waals surface area contributed by atoms with Gasteiger partial charge in [-0.25, -0.2) is 0 Å². The van der Waals surface area contributed by atoms with Crippen molar-refractivity contribution in [3.8, 4) is 12.1 Å². The topological polar surface area (TPSA) is 73.6 Å². The highest BCUT2D eigenvalue weighted by Crippen LogP contribution is 2.09. The van der Waals surface area contributed by atoms with Crippen molar-refractivity contribution < 1.29 is 0 Å². The molecule has 0 aromatic rings. The summed E-state index contributed by atoms with van der Waals surface area (Å²) in [4.78, 5) is 0. The number of rotatable bonds is 1. The fraction of sp³-hybridized carbons (Fsp3) is 0.250. The predicted octanol–water partition coefficient (Wildman–Crippen LogP) is 1.21. The molecule has 0 aromatic carbocycles. The fourth-order valence-corrected chi connectivity index (χ4v) is 0.656. The van der Waals surface area contributed by atoms with Gasteiger partial charge in [0, 0.05) is 11.8 Å². The van der Waals surface area contributed by atoms with Crippen molar-refractivity contribution >= 4 is 0 Å². The fourth-order valence-electron chi connectivity index (χ4n) is 0.656. The quantitative estimate of drug-likeness (QED) is 0.447. The van der Waals surface area contributed by atoms with Crippen molar-refractivity contribution in [2.45, 2.75) is 13.8 Å². The summed E-state index contributed by atoms with van der Waals surface area (Å²) in [6, 6.07) is 3.76. The lowest BCUT2D eigenvalue weighted by Crippen LogP contribution is -1.97. The second kappa shape index (κ2) is 4.14. The zero-order valence-corrected chi connectivity index (χ0v) is 6.55. The van der Waals surface area contributed by atoms with Gasteiger partial charge in [-0.2, -0.15) is 10.5 Å². The van der Waals surface area contributed by atoms with E-state index in [-0.39, 0.29) is 0 Å². The van der Waals surface area contributed by atoms with E-state index in [1.807, 2.05) is 12.1 Å². The molecule has 0 spiro atoms. The number of allylic oxidation sites excluding steroid dienone is 4. The van der Waals surface area contributed by atoms with Gasteiger partial charge in [0.1, 0.15) is 6.07 Å². The zero-order chi connectivity index (χ0) is 8.85. The van der Waals surface area contributed by atoms with Crippen LogP contribution >= 0.6 is 0 Å².